The van der Waals surface area contributed by atoms with E-state index in [1.165, 1.54) is 70.6 Å². The largest absolute Gasteiger partial charge is 0.481 e. The van der Waals surface area contributed by atoms with Crippen LogP contribution in [0.2, 0.25) is 0 Å². The number of carboxylic acids is 2. The summed E-state index contributed by atoms with van der Waals surface area (Å²) in [5.74, 6) is -2.75. The van der Waals surface area contributed by atoms with Gasteiger partial charge in [-0.3, -0.25) is 9.59 Å². The molecule has 0 aliphatic rings. The van der Waals surface area contributed by atoms with E-state index < -0.39 is 17.9 Å². The molecular formula is C24H46O4. The quantitative estimate of drug-likeness (QED) is 0.209. The van der Waals surface area contributed by atoms with Crippen molar-refractivity contribution in [2.24, 2.45) is 11.3 Å². The summed E-state index contributed by atoms with van der Waals surface area (Å²) in [5.41, 5.74) is -0.387. The average Bonchev–Trinajstić information content (AvgIpc) is 2.67. The van der Waals surface area contributed by atoms with Gasteiger partial charge in [0.2, 0.25) is 0 Å². The van der Waals surface area contributed by atoms with E-state index in [-0.39, 0.29) is 11.8 Å². The Hall–Kier alpha value is -1.06. The van der Waals surface area contributed by atoms with Crippen LogP contribution in [0.1, 0.15) is 130 Å². The molecular weight excluding hydrogens is 352 g/mol. The number of carboxylic acid groups (broad SMARTS) is 2. The maximum absolute atomic E-state index is 11.7. The first-order valence-corrected chi connectivity index (χ1v) is 11.9. The van der Waals surface area contributed by atoms with Crippen molar-refractivity contribution in [1.82, 2.24) is 0 Å². The SMILES string of the molecule is CCCCCCCCCCCCCCCC(CC)(CC)C(CC(=O)O)C(=O)O. The molecule has 1 unspecified atom stereocenters. The van der Waals surface area contributed by atoms with Gasteiger partial charge in [0.25, 0.3) is 0 Å². The van der Waals surface area contributed by atoms with Gasteiger partial charge in [0.05, 0.1) is 12.3 Å². The fourth-order valence-corrected chi connectivity index (χ4v) is 4.51. The number of carbonyl (C=O) groups is 2. The molecule has 4 heteroatoms. The van der Waals surface area contributed by atoms with E-state index in [0.29, 0.717) is 0 Å². The van der Waals surface area contributed by atoms with E-state index in [4.69, 9.17) is 5.11 Å². The molecule has 0 rings (SSSR count). The molecule has 0 aliphatic heterocycles. The van der Waals surface area contributed by atoms with Crippen LogP contribution in [0.4, 0.5) is 0 Å². The molecule has 0 radical (unpaired) electrons. The van der Waals surface area contributed by atoms with Crippen molar-refractivity contribution in [1.29, 1.82) is 0 Å². The molecule has 2 N–H and O–H groups in total. The van der Waals surface area contributed by atoms with Gasteiger partial charge >= 0.3 is 11.9 Å². The van der Waals surface area contributed by atoms with E-state index in [9.17, 15) is 14.7 Å². The molecule has 0 saturated carbocycles. The highest BCUT2D eigenvalue weighted by molar-refractivity contribution is 5.78. The minimum atomic E-state index is -1.01. The zero-order valence-corrected chi connectivity index (χ0v) is 18.8. The molecule has 166 valence electrons. The summed E-state index contributed by atoms with van der Waals surface area (Å²) in [6, 6.07) is 0. The molecule has 1 atom stereocenters. The molecule has 0 aromatic heterocycles. The second kappa shape index (κ2) is 16.9. The highest BCUT2D eigenvalue weighted by Crippen LogP contribution is 2.42. The monoisotopic (exact) mass is 398 g/mol. The molecule has 0 spiro atoms. The van der Waals surface area contributed by atoms with Crippen LogP contribution >= 0.6 is 0 Å². The van der Waals surface area contributed by atoms with Crippen molar-refractivity contribution < 1.29 is 19.8 Å². The molecule has 4 nitrogen and oxygen atoms in total. The molecule has 0 heterocycles. The van der Waals surface area contributed by atoms with Crippen LogP contribution in [0, 0.1) is 11.3 Å². The van der Waals surface area contributed by atoms with Gasteiger partial charge in [-0.1, -0.05) is 104 Å². The highest BCUT2D eigenvalue weighted by Gasteiger charge is 2.41. The molecule has 28 heavy (non-hydrogen) atoms. The predicted molar refractivity (Wildman–Crippen MR) is 117 cm³/mol. The Morgan fingerprint density at radius 3 is 1.39 bits per heavy atom. The zero-order chi connectivity index (χ0) is 21.3. The van der Waals surface area contributed by atoms with Gasteiger partial charge < -0.3 is 10.2 Å². The molecule has 0 aromatic carbocycles. The van der Waals surface area contributed by atoms with Crippen molar-refractivity contribution in [2.45, 2.75) is 130 Å². The fourth-order valence-electron chi connectivity index (χ4n) is 4.51. The fraction of sp³-hybridized carbons (Fsp3) is 0.917. The maximum Gasteiger partial charge on any atom is 0.307 e. The minimum absolute atomic E-state index is 0.268. The number of unbranched alkanes of at least 4 members (excludes halogenated alkanes) is 12. The van der Waals surface area contributed by atoms with Crippen LogP contribution in [-0.2, 0) is 9.59 Å². The smallest absolute Gasteiger partial charge is 0.307 e. The van der Waals surface area contributed by atoms with E-state index >= 15 is 0 Å². The Labute approximate surface area is 173 Å². The molecule has 0 saturated heterocycles. The molecule has 0 bridgehead atoms. The van der Waals surface area contributed by atoms with Gasteiger partial charge in [-0.15, -0.1) is 0 Å². The van der Waals surface area contributed by atoms with E-state index in [1.807, 2.05) is 13.8 Å². The normalized spacial score (nSPS) is 12.8. The minimum Gasteiger partial charge on any atom is -0.481 e. The van der Waals surface area contributed by atoms with Crippen LogP contribution in [0.25, 0.3) is 0 Å². The van der Waals surface area contributed by atoms with E-state index in [2.05, 4.69) is 6.92 Å². The van der Waals surface area contributed by atoms with Crippen LogP contribution in [0.5, 0.6) is 0 Å². The topological polar surface area (TPSA) is 74.6 Å². The van der Waals surface area contributed by atoms with Gasteiger partial charge in [0, 0.05) is 0 Å². The van der Waals surface area contributed by atoms with Gasteiger partial charge in [0.1, 0.15) is 0 Å². The predicted octanol–water partition coefficient (Wildman–Crippen LogP) is 7.45. The lowest BCUT2D eigenvalue weighted by molar-refractivity contribution is -0.154. The number of hydrogen-bond donors (Lipinski definition) is 2. The summed E-state index contributed by atoms with van der Waals surface area (Å²) >= 11 is 0. The second-order valence-electron chi connectivity index (χ2n) is 8.55. The summed E-state index contributed by atoms with van der Waals surface area (Å²) < 4.78 is 0. The molecule has 0 aliphatic carbocycles. The Morgan fingerprint density at radius 1 is 0.679 bits per heavy atom. The molecule has 0 amide bonds. The second-order valence-corrected chi connectivity index (χ2v) is 8.55. The van der Waals surface area contributed by atoms with Crippen LogP contribution < -0.4 is 0 Å². The Balaban J connectivity index is 3.98. The van der Waals surface area contributed by atoms with Crippen LogP contribution in [0.3, 0.4) is 0 Å². The lowest BCUT2D eigenvalue weighted by Gasteiger charge is -2.37. The van der Waals surface area contributed by atoms with E-state index in [1.54, 1.807) is 0 Å². The Kier molecular flexibility index (Phi) is 16.2. The Bertz CT molecular complexity index is 401. The average molecular weight is 399 g/mol. The number of aliphatic carboxylic acids is 2. The summed E-state index contributed by atoms with van der Waals surface area (Å²) in [6.45, 7) is 6.26. The lowest BCUT2D eigenvalue weighted by atomic mass is 9.67. The summed E-state index contributed by atoms with van der Waals surface area (Å²) in [5, 5.41) is 18.7. The summed E-state index contributed by atoms with van der Waals surface area (Å²) in [7, 11) is 0. The van der Waals surface area contributed by atoms with Crippen molar-refractivity contribution in [3.63, 3.8) is 0 Å². The zero-order valence-electron chi connectivity index (χ0n) is 18.8. The van der Waals surface area contributed by atoms with Crippen molar-refractivity contribution in [3.8, 4) is 0 Å². The third kappa shape index (κ3) is 11.7. The Morgan fingerprint density at radius 2 is 1.07 bits per heavy atom. The maximum atomic E-state index is 11.7. The third-order valence-corrected chi connectivity index (χ3v) is 6.60. The first-order chi connectivity index (χ1) is 13.4. The molecule has 0 aromatic rings. The van der Waals surface area contributed by atoms with Crippen LogP contribution in [-0.4, -0.2) is 22.2 Å². The van der Waals surface area contributed by atoms with Gasteiger partial charge in [0.15, 0.2) is 0 Å². The van der Waals surface area contributed by atoms with Crippen LogP contribution in [0.15, 0.2) is 0 Å². The first-order valence-electron chi connectivity index (χ1n) is 11.9. The lowest BCUT2D eigenvalue weighted by Crippen LogP contribution is -2.37. The highest BCUT2D eigenvalue weighted by atomic mass is 16.4. The van der Waals surface area contributed by atoms with Gasteiger partial charge in [-0.2, -0.15) is 0 Å². The van der Waals surface area contributed by atoms with Gasteiger partial charge in [-0.25, -0.2) is 0 Å². The van der Waals surface area contributed by atoms with Crippen molar-refractivity contribution in [3.05, 3.63) is 0 Å². The third-order valence-electron chi connectivity index (χ3n) is 6.60. The van der Waals surface area contributed by atoms with Crippen molar-refractivity contribution in [2.75, 3.05) is 0 Å². The van der Waals surface area contributed by atoms with Gasteiger partial charge in [-0.05, 0) is 24.7 Å². The summed E-state index contributed by atoms with van der Waals surface area (Å²) in [6.07, 6.45) is 18.8. The number of rotatable bonds is 20. The van der Waals surface area contributed by atoms with Crippen molar-refractivity contribution >= 4 is 11.9 Å². The first kappa shape index (κ1) is 26.9. The molecule has 0 fully saturated rings. The standard InChI is InChI=1S/C24H46O4/c1-4-7-8-9-10-11-12-13-14-15-16-17-18-19-24(5-2,6-3)21(23(27)28)20-22(25)26/h21H,4-20H2,1-3H3,(H,25,26)(H,27,28). The number of hydrogen-bond acceptors (Lipinski definition) is 2. The van der Waals surface area contributed by atoms with E-state index in [0.717, 1.165) is 32.1 Å². The summed E-state index contributed by atoms with van der Waals surface area (Å²) in [4.78, 5) is 22.8.